The minimum absolute atomic E-state index is 0.0503. The van der Waals surface area contributed by atoms with Crippen LogP contribution < -0.4 is 5.43 Å². The summed E-state index contributed by atoms with van der Waals surface area (Å²) in [5.74, 6) is -0.732. The summed E-state index contributed by atoms with van der Waals surface area (Å²) in [7, 11) is 0. The van der Waals surface area contributed by atoms with Gasteiger partial charge < -0.3 is 4.74 Å². The molecule has 0 fully saturated rings. The van der Waals surface area contributed by atoms with E-state index in [4.69, 9.17) is 16.3 Å². The number of halogens is 1. The van der Waals surface area contributed by atoms with E-state index in [1.807, 2.05) is 0 Å². The second-order valence-corrected chi connectivity index (χ2v) is 4.21. The number of esters is 1. The minimum atomic E-state index is -0.371. The predicted octanol–water partition coefficient (Wildman–Crippen LogP) is 2.40. The maximum atomic E-state index is 11.7. The molecule has 0 aliphatic carbocycles. The van der Waals surface area contributed by atoms with Crippen LogP contribution in [0.4, 0.5) is 0 Å². The van der Waals surface area contributed by atoms with Crippen LogP contribution in [0.1, 0.15) is 30.6 Å². The Morgan fingerprint density at radius 1 is 1.32 bits per heavy atom. The molecule has 0 radical (unpaired) electrons. The minimum Gasteiger partial charge on any atom is -0.466 e. The molecular weight excluding hydrogens is 268 g/mol. The van der Waals surface area contributed by atoms with Crippen molar-refractivity contribution >= 4 is 29.2 Å². The molecule has 1 N–H and O–H groups in total. The molecule has 19 heavy (non-hydrogen) atoms. The van der Waals surface area contributed by atoms with E-state index in [1.54, 1.807) is 38.1 Å². The number of carbonyl (C=O) groups is 2. The standard InChI is InChI=1S/C13H15ClN2O3/c1-3-19-12(17)8-9(2)15-16-13(18)10-4-6-11(14)7-5-10/h4-7H,3,8H2,1-2H3,(H,16,18). The fourth-order valence-corrected chi connectivity index (χ4v) is 1.40. The average Bonchev–Trinajstić information content (AvgIpc) is 2.37. The van der Waals surface area contributed by atoms with Crippen LogP contribution in [-0.4, -0.2) is 24.2 Å². The van der Waals surface area contributed by atoms with Crippen LogP contribution >= 0.6 is 11.6 Å². The van der Waals surface area contributed by atoms with Crippen LogP contribution in [0, 0.1) is 0 Å². The van der Waals surface area contributed by atoms with Gasteiger partial charge in [0.25, 0.3) is 5.91 Å². The second kappa shape index (κ2) is 7.53. The summed E-state index contributed by atoms with van der Waals surface area (Å²) in [4.78, 5) is 22.9. The highest BCUT2D eigenvalue weighted by Gasteiger charge is 2.06. The molecule has 0 bridgehead atoms. The number of hydrogen-bond acceptors (Lipinski definition) is 4. The number of nitrogens with zero attached hydrogens (tertiary/aromatic N) is 1. The number of hydrazone groups is 1. The number of nitrogens with one attached hydrogen (secondary N) is 1. The third-order valence-electron chi connectivity index (χ3n) is 2.16. The summed E-state index contributed by atoms with van der Waals surface area (Å²) in [5, 5.41) is 4.38. The Balaban J connectivity index is 2.53. The molecule has 1 rings (SSSR count). The van der Waals surface area contributed by atoms with Gasteiger partial charge in [0.1, 0.15) is 0 Å². The van der Waals surface area contributed by atoms with Crippen molar-refractivity contribution in [1.29, 1.82) is 0 Å². The van der Waals surface area contributed by atoms with Gasteiger partial charge in [-0.2, -0.15) is 5.10 Å². The van der Waals surface area contributed by atoms with E-state index in [1.165, 1.54) is 0 Å². The molecular formula is C13H15ClN2O3. The maximum Gasteiger partial charge on any atom is 0.311 e. The highest BCUT2D eigenvalue weighted by molar-refractivity contribution is 6.30. The molecule has 1 aromatic rings. The Morgan fingerprint density at radius 3 is 2.53 bits per heavy atom. The van der Waals surface area contributed by atoms with Crippen LogP contribution in [0.2, 0.25) is 5.02 Å². The van der Waals surface area contributed by atoms with Crippen LogP contribution in [0.5, 0.6) is 0 Å². The highest BCUT2D eigenvalue weighted by Crippen LogP contribution is 2.09. The molecule has 102 valence electrons. The molecule has 1 aromatic carbocycles. The molecule has 0 aliphatic heterocycles. The first-order valence-electron chi connectivity index (χ1n) is 5.77. The first kappa shape index (κ1) is 15.2. The van der Waals surface area contributed by atoms with E-state index in [0.29, 0.717) is 22.9 Å². The lowest BCUT2D eigenvalue weighted by atomic mass is 10.2. The number of carbonyl (C=O) groups excluding carboxylic acids is 2. The van der Waals surface area contributed by atoms with Gasteiger partial charge in [0.15, 0.2) is 0 Å². The zero-order valence-corrected chi connectivity index (χ0v) is 11.5. The molecule has 0 aromatic heterocycles. The Bertz CT molecular complexity index is 483. The topological polar surface area (TPSA) is 67.8 Å². The number of rotatable bonds is 5. The van der Waals surface area contributed by atoms with Gasteiger partial charge in [0.05, 0.1) is 13.0 Å². The van der Waals surface area contributed by atoms with Gasteiger partial charge in [-0.25, -0.2) is 5.43 Å². The van der Waals surface area contributed by atoms with Crippen molar-refractivity contribution in [3.05, 3.63) is 34.9 Å². The van der Waals surface area contributed by atoms with Crippen LogP contribution in [0.15, 0.2) is 29.4 Å². The Hall–Kier alpha value is -1.88. The zero-order valence-electron chi connectivity index (χ0n) is 10.8. The predicted molar refractivity (Wildman–Crippen MR) is 73.3 cm³/mol. The lowest BCUT2D eigenvalue weighted by molar-refractivity contribution is -0.141. The molecule has 0 atom stereocenters. The molecule has 0 unspecified atom stereocenters. The van der Waals surface area contributed by atoms with Gasteiger partial charge in [-0.1, -0.05) is 11.6 Å². The maximum absolute atomic E-state index is 11.7. The van der Waals surface area contributed by atoms with Crippen molar-refractivity contribution in [1.82, 2.24) is 5.43 Å². The molecule has 0 aliphatic rings. The first-order chi connectivity index (χ1) is 9.02. The van der Waals surface area contributed by atoms with Gasteiger partial charge in [0.2, 0.25) is 0 Å². The average molecular weight is 283 g/mol. The molecule has 0 heterocycles. The van der Waals surface area contributed by atoms with Crippen LogP contribution in [0.3, 0.4) is 0 Å². The van der Waals surface area contributed by atoms with Gasteiger partial charge >= 0.3 is 5.97 Å². The van der Waals surface area contributed by atoms with Crippen molar-refractivity contribution in [2.45, 2.75) is 20.3 Å². The zero-order chi connectivity index (χ0) is 14.3. The van der Waals surface area contributed by atoms with Crippen LogP contribution in [0.25, 0.3) is 0 Å². The number of hydrogen-bond donors (Lipinski definition) is 1. The van der Waals surface area contributed by atoms with E-state index in [9.17, 15) is 9.59 Å². The van der Waals surface area contributed by atoms with Crippen LogP contribution in [-0.2, 0) is 9.53 Å². The molecule has 0 saturated carbocycles. The molecule has 0 saturated heterocycles. The van der Waals surface area contributed by atoms with E-state index < -0.39 is 0 Å². The second-order valence-electron chi connectivity index (χ2n) is 3.78. The van der Waals surface area contributed by atoms with Gasteiger partial charge in [-0.3, -0.25) is 9.59 Å². The van der Waals surface area contributed by atoms with E-state index in [-0.39, 0.29) is 18.3 Å². The molecule has 5 nitrogen and oxygen atoms in total. The summed E-state index contributed by atoms with van der Waals surface area (Å²) in [5.41, 5.74) is 3.28. The highest BCUT2D eigenvalue weighted by atomic mass is 35.5. The van der Waals surface area contributed by atoms with Gasteiger partial charge in [-0.05, 0) is 38.1 Å². The van der Waals surface area contributed by atoms with E-state index >= 15 is 0 Å². The van der Waals surface area contributed by atoms with Gasteiger partial charge in [0, 0.05) is 16.3 Å². The SMILES string of the molecule is CCOC(=O)CC(C)=NNC(=O)c1ccc(Cl)cc1. The van der Waals surface area contributed by atoms with Crippen molar-refractivity contribution < 1.29 is 14.3 Å². The fourth-order valence-electron chi connectivity index (χ4n) is 1.27. The summed E-state index contributed by atoms with van der Waals surface area (Å²) >= 11 is 5.72. The first-order valence-corrected chi connectivity index (χ1v) is 6.15. The van der Waals surface area contributed by atoms with Crippen molar-refractivity contribution in [2.75, 3.05) is 6.61 Å². The summed E-state index contributed by atoms with van der Waals surface area (Å²) in [6, 6.07) is 6.42. The summed E-state index contributed by atoms with van der Waals surface area (Å²) in [6.07, 6.45) is 0.0503. The monoisotopic (exact) mass is 282 g/mol. The Morgan fingerprint density at radius 2 is 1.95 bits per heavy atom. The number of amides is 1. The molecule has 1 amide bonds. The normalized spacial score (nSPS) is 11.0. The smallest absolute Gasteiger partial charge is 0.311 e. The van der Waals surface area contributed by atoms with E-state index in [2.05, 4.69) is 10.5 Å². The molecule has 6 heteroatoms. The third kappa shape index (κ3) is 5.52. The van der Waals surface area contributed by atoms with Crippen molar-refractivity contribution in [3.8, 4) is 0 Å². The Labute approximate surface area is 116 Å². The van der Waals surface area contributed by atoms with Gasteiger partial charge in [-0.15, -0.1) is 0 Å². The summed E-state index contributed by atoms with van der Waals surface area (Å²) in [6.45, 7) is 3.69. The number of ether oxygens (including phenoxy) is 1. The van der Waals surface area contributed by atoms with E-state index in [0.717, 1.165) is 0 Å². The van der Waals surface area contributed by atoms with Crippen molar-refractivity contribution in [3.63, 3.8) is 0 Å². The quantitative estimate of drug-likeness (QED) is 0.512. The third-order valence-corrected chi connectivity index (χ3v) is 2.41. The Kier molecular flexibility index (Phi) is 6.02. The lowest BCUT2D eigenvalue weighted by Crippen LogP contribution is -2.20. The summed E-state index contributed by atoms with van der Waals surface area (Å²) < 4.78 is 4.77. The fraction of sp³-hybridized carbons (Fsp3) is 0.308. The number of benzene rings is 1. The van der Waals surface area contributed by atoms with Crippen molar-refractivity contribution in [2.24, 2.45) is 5.10 Å². The largest absolute Gasteiger partial charge is 0.466 e. The molecule has 0 spiro atoms. The lowest BCUT2D eigenvalue weighted by Gasteiger charge is -2.03.